The maximum Gasteiger partial charge on any atom is 0.153 e. The molecule has 8 nitrogen and oxygen atoms in total. The van der Waals surface area contributed by atoms with E-state index in [1.165, 1.54) is 5.69 Å². The molecule has 157 valence electrons. The molecule has 2 heterocycles. The van der Waals surface area contributed by atoms with E-state index in [0.29, 0.717) is 19.5 Å². The van der Waals surface area contributed by atoms with Crippen molar-refractivity contribution in [1.29, 1.82) is 0 Å². The van der Waals surface area contributed by atoms with Gasteiger partial charge in [0.25, 0.3) is 0 Å². The summed E-state index contributed by atoms with van der Waals surface area (Å²) in [5, 5.41) is 4.15. The fourth-order valence-corrected chi connectivity index (χ4v) is 4.91. The van der Waals surface area contributed by atoms with Crippen molar-refractivity contribution in [3.05, 3.63) is 36.5 Å². The number of rotatable bonds is 6. The van der Waals surface area contributed by atoms with Crippen LogP contribution >= 0.6 is 0 Å². The predicted molar refractivity (Wildman–Crippen MR) is 111 cm³/mol. The molecule has 0 unspecified atom stereocenters. The van der Waals surface area contributed by atoms with Crippen molar-refractivity contribution in [2.75, 3.05) is 65.8 Å². The molecule has 2 N–H and O–H groups in total. The second-order valence-corrected chi connectivity index (χ2v) is 11.1. The van der Waals surface area contributed by atoms with E-state index < -0.39 is 19.7 Å². The van der Waals surface area contributed by atoms with Crippen LogP contribution < -0.4 is 15.5 Å². The van der Waals surface area contributed by atoms with E-state index in [1.807, 2.05) is 0 Å². The summed E-state index contributed by atoms with van der Waals surface area (Å²) in [4.78, 5) is 4.32. The Balaban J connectivity index is 0.000000339. The zero-order chi connectivity index (χ0) is 19.9. The first-order valence-electron chi connectivity index (χ1n) is 8.90. The van der Waals surface area contributed by atoms with E-state index in [9.17, 15) is 16.8 Å². The van der Waals surface area contributed by atoms with E-state index in [2.05, 4.69) is 46.3 Å². The predicted octanol–water partition coefficient (Wildman–Crippen LogP) is 0.612. The third-order valence-corrected chi connectivity index (χ3v) is 7.73. The van der Waals surface area contributed by atoms with Crippen molar-refractivity contribution in [2.45, 2.75) is 6.42 Å². The van der Waals surface area contributed by atoms with Crippen molar-refractivity contribution in [2.24, 2.45) is 5.73 Å². The topological polar surface area (TPSA) is 115 Å². The summed E-state index contributed by atoms with van der Waals surface area (Å²) in [6, 6.07) is 8.28. The summed E-state index contributed by atoms with van der Waals surface area (Å²) in [6.45, 7) is 6.40. The normalized spacial score (nSPS) is 18.4. The summed E-state index contributed by atoms with van der Waals surface area (Å²) < 4.78 is 44.2. The van der Waals surface area contributed by atoms with Gasteiger partial charge in [-0.05, 0) is 24.3 Å². The summed E-state index contributed by atoms with van der Waals surface area (Å²) in [5.74, 6) is 0.770. The fraction of sp³-hybridized carbons (Fsp3) is 0.588. The molecule has 2 aliphatic rings. The van der Waals surface area contributed by atoms with Crippen molar-refractivity contribution in [3.63, 3.8) is 0 Å². The maximum atomic E-state index is 11.4. The molecule has 2 aliphatic heterocycles. The number of hydrogen-bond donors (Lipinski definition) is 1. The minimum absolute atomic E-state index is 0. The van der Waals surface area contributed by atoms with Crippen LogP contribution in [0.2, 0.25) is 0 Å². The number of hydrogen-bond acceptors (Lipinski definition) is 7. The van der Waals surface area contributed by atoms with Gasteiger partial charge in [0, 0.05) is 69.5 Å². The number of nitrogens with zero attached hydrogens (tertiary/aromatic N) is 3. The number of benzene rings is 1. The average molecular weight is 505 g/mol. The molecule has 28 heavy (non-hydrogen) atoms. The molecule has 3 rings (SSSR count). The molecule has 0 aromatic heterocycles. The largest absolute Gasteiger partial charge is 0.628 e. The molecule has 0 atom stereocenters. The van der Waals surface area contributed by atoms with Crippen LogP contribution in [-0.2, 0) is 52.4 Å². The first kappa shape index (κ1) is 25.8. The van der Waals surface area contributed by atoms with E-state index in [0.717, 1.165) is 19.0 Å². The van der Waals surface area contributed by atoms with Crippen LogP contribution in [0.4, 0.5) is 11.4 Å². The Labute approximate surface area is 193 Å². The van der Waals surface area contributed by atoms with Crippen molar-refractivity contribution >= 4 is 31.0 Å². The molecule has 2 fully saturated rings. The summed E-state index contributed by atoms with van der Waals surface area (Å²) >= 11 is 0. The van der Waals surface area contributed by atoms with Gasteiger partial charge in [-0.1, -0.05) is 13.3 Å². The Morgan fingerprint density at radius 3 is 1.89 bits per heavy atom. The molecular formula is C17H28N4O4S2Y-2. The minimum Gasteiger partial charge on any atom is -0.628 e. The zero-order valence-corrected chi connectivity index (χ0v) is 20.5. The molecule has 1 aromatic rings. The summed E-state index contributed by atoms with van der Waals surface area (Å²) in [5.41, 5.74) is 7.33. The third-order valence-electron chi connectivity index (χ3n) is 4.35. The Kier molecular flexibility index (Phi) is 10.9. The first-order valence-corrected chi connectivity index (χ1v) is 12.5. The Morgan fingerprint density at radius 2 is 1.50 bits per heavy atom. The van der Waals surface area contributed by atoms with Crippen LogP contribution in [0.15, 0.2) is 24.3 Å². The van der Waals surface area contributed by atoms with Crippen LogP contribution in [0.5, 0.6) is 0 Å². The molecular weight excluding hydrogens is 477 g/mol. The Morgan fingerprint density at radius 1 is 1.00 bits per heavy atom. The van der Waals surface area contributed by atoms with Gasteiger partial charge in [0.05, 0.1) is 17.3 Å². The number of sulfone groups is 2. The SMILES string of the molecule is O=S1(=O)CCN(c2ccc(N3C[N-]C3)cc2)CC1.[CH2-]CCS(=O)(=O)CCN.[Y]. The summed E-state index contributed by atoms with van der Waals surface area (Å²) in [6.07, 6.45) is 0.433. The number of nitrogens with two attached hydrogens (primary N) is 1. The van der Waals surface area contributed by atoms with Gasteiger partial charge in [-0.25, -0.2) is 16.8 Å². The summed E-state index contributed by atoms with van der Waals surface area (Å²) in [7, 11) is -5.67. The van der Waals surface area contributed by atoms with Crippen LogP contribution in [0, 0.1) is 6.92 Å². The molecule has 0 spiro atoms. The third kappa shape index (κ3) is 8.24. The standard InChI is InChI=1S/C12H16N3O2S.C5H12NO2S.Y/c16-18(17)7-5-14(6-8-18)11-1-3-12(4-2-11)15-9-13-10-15;1-2-4-9(7,8)5-3-6;/h1-4H,5-10H2;1-6H2;/q2*-1;. The van der Waals surface area contributed by atoms with Crippen LogP contribution in [0.3, 0.4) is 0 Å². The molecule has 0 saturated carbocycles. The molecule has 1 aromatic carbocycles. The van der Waals surface area contributed by atoms with E-state index in [1.54, 1.807) is 0 Å². The second-order valence-electron chi connectivity index (χ2n) is 6.50. The smallest absolute Gasteiger partial charge is 0.153 e. The molecule has 0 amide bonds. The molecule has 0 bridgehead atoms. The first-order chi connectivity index (χ1) is 12.8. The number of anilines is 2. The second kappa shape index (κ2) is 11.8. The van der Waals surface area contributed by atoms with Crippen LogP contribution in [0.25, 0.3) is 5.32 Å². The molecule has 1 radical (unpaired) electrons. The van der Waals surface area contributed by atoms with Crippen LogP contribution in [0.1, 0.15) is 6.42 Å². The van der Waals surface area contributed by atoms with Crippen molar-refractivity contribution in [3.8, 4) is 0 Å². The average Bonchev–Trinajstić information content (AvgIpc) is 2.55. The van der Waals surface area contributed by atoms with Gasteiger partial charge in [-0.2, -0.15) is 6.42 Å². The van der Waals surface area contributed by atoms with Gasteiger partial charge >= 0.3 is 0 Å². The van der Waals surface area contributed by atoms with Gasteiger partial charge in [0.1, 0.15) is 9.84 Å². The molecule has 11 heteroatoms. The van der Waals surface area contributed by atoms with Gasteiger partial charge in [0.2, 0.25) is 0 Å². The van der Waals surface area contributed by atoms with Gasteiger partial charge in [-0.15, -0.1) is 0 Å². The Bertz CT molecular complexity index is 771. The van der Waals surface area contributed by atoms with E-state index >= 15 is 0 Å². The molecule has 0 aliphatic carbocycles. The quantitative estimate of drug-likeness (QED) is 0.564. The minimum atomic E-state index is -2.87. The Hall–Kier alpha value is -0.256. The fourth-order valence-electron chi connectivity index (χ4n) is 2.71. The van der Waals surface area contributed by atoms with Crippen LogP contribution in [-0.4, -0.2) is 72.8 Å². The maximum absolute atomic E-state index is 11.4. The van der Waals surface area contributed by atoms with Crippen molar-refractivity contribution in [1.82, 2.24) is 0 Å². The van der Waals surface area contributed by atoms with Gasteiger partial charge < -0.3 is 27.8 Å². The van der Waals surface area contributed by atoms with E-state index in [-0.39, 0.29) is 62.3 Å². The van der Waals surface area contributed by atoms with Gasteiger partial charge in [0.15, 0.2) is 9.84 Å². The molecule has 2 saturated heterocycles. The monoisotopic (exact) mass is 505 g/mol. The van der Waals surface area contributed by atoms with Crippen molar-refractivity contribution < 1.29 is 49.5 Å². The zero-order valence-electron chi connectivity index (χ0n) is 16.0. The van der Waals surface area contributed by atoms with Gasteiger partial charge in [-0.3, -0.25) is 0 Å². The van der Waals surface area contributed by atoms with E-state index in [4.69, 9.17) is 5.73 Å².